The van der Waals surface area contributed by atoms with Gasteiger partial charge in [0.15, 0.2) is 0 Å². The molecule has 0 bridgehead atoms. The van der Waals surface area contributed by atoms with Gasteiger partial charge in [0.2, 0.25) is 5.91 Å². The van der Waals surface area contributed by atoms with E-state index in [4.69, 9.17) is 15.2 Å². The Morgan fingerprint density at radius 2 is 2.12 bits per heavy atom. The van der Waals surface area contributed by atoms with Crippen molar-refractivity contribution in [2.75, 3.05) is 19.8 Å². The van der Waals surface area contributed by atoms with Gasteiger partial charge in [-0.2, -0.15) is 0 Å². The Labute approximate surface area is 150 Å². The Kier molecular flexibility index (Phi) is 9.11. The molecule has 0 aromatic heterocycles. The zero-order valence-corrected chi connectivity index (χ0v) is 15.4. The standard InChI is InChI=1S/C18H28N2O3.ClH/c1-3-8-23-16-11-13(2)4-5-15(16)12-20-18(21)17(19)14-6-9-22-10-7-14;/h4-5,11,14,17H,3,6-10,12,19H2,1-2H3,(H,20,21);1H. The van der Waals surface area contributed by atoms with Crippen LogP contribution in [-0.4, -0.2) is 31.8 Å². The number of carbonyl (C=O) groups is 1. The van der Waals surface area contributed by atoms with Crippen molar-refractivity contribution in [1.82, 2.24) is 5.32 Å². The Bertz CT molecular complexity index is 519. The molecule has 1 amide bonds. The highest BCUT2D eigenvalue weighted by molar-refractivity contribution is 5.85. The second-order valence-electron chi connectivity index (χ2n) is 6.15. The van der Waals surface area contributed by atoms with E-state index >= 15 is 0 Å². The van der Waals surface area contributed by atoms with Crippen molar-refractivity contribution >= 4 is 18.3 Å². The molecule has 2 rings (SSSR count). The Balaban J connectivity index is 0.00000288. The number of benzene rings is 1. The maximum absolute atomic E-state index is 12.3. The highest BCUT2D eigenvalue weighted by atomic mass is 35.5. The lowest BCUT2D eigenvalue weighted by molar-refractivity contribution is -0.124. The number of amides is 1. The molecule has 1 aliphatic rings. The van der Waals surface area contributed by atoms with Crippen molar-refractivity contribution < 1.29 is 14.3 Å². The topological polar surface area (TPSA) is 73.6 Å². The molecule has 1 unspecified atom stereocenters. The fraction of sp³-hybridized carbons (Fsp3) is 0.611. The van der Waals surface area contributed by atoms with Crippen LogP contribution in [0.5, 0.6) is 5.75 Å². The smallest absolute Gasteiger partial charge is 0.237 e. The molecular formula is C18H29ClN2O3. The number of carbonyl (C=O) groups excluding carboxylic acids is 1. The van der Waals surface area contributed by atoms with Gasteiger partial charge in [-0.1, -0.05) is 19.1 Å². The van der Waals surface area contributed by atoms with Crippen LogP contribution in [0.4, 0.5) is 0 Å². The van der Waals surface area contributed by atoms with Crippen LogP contribution in [0.2, 0.25) is 0 Å². The molecule has 3 N–H and O–H groups in total. The quantitative estimate of drug-likeness (QED) is 0.787. The van der Waals surface area contributed by atoms with Crippen LogP contribution < -0.4 is 15.8 Å². The second kappa shape index (κ2) is 10.5. The molecule has 136 valence electrons. The maximum atomic E-state index is 12.3. The lowest BCUT2D eigenvalue weighted by Crippen LogP contribution is -2.46. The molecule has 0 radical (unpaired) electrons. The lowest BCUT2D eigenvalue weighted by atomic mass is 9.92. The third-order valence-corrected chi connectivity index (χ3v) is 4.21. The molecule has 1 aromatic carbocycles. The number of ether oxygens (including phenoxy) is 2. The summed E-state index contributed by atoms with van der Waals surface area (Å²) in [6, 6.07) is 5.57. The molecule has 24 heavy (non-hydrogen) atoms. The molecule has 1 heterocycles. The molecule has 1 aromatic rings. The zero-order chi connectivity index (χ0) is 16.7. The van der Waals surface area contributed by atoms with Crippen LogP contribution in [0.15, 0.2) is 18.2 Å². The zero-order valence-electron chi connectivity index (χ0n) is 14.5. The molecular weight excluding hydrogens is 328 g/mol. The number of halogens is 1. The van der Waals surface area contributed by atoms with Gasteiger partial charge in [0.1, 0.15) is 5.75 Å². The number of nitrogens with one attached hydrogen (secondary N) is 1. The fourth-order valence-corrected chi connectivity index (χ4v) is 2.74. The van der Waals surface area contributed by atoms with Crippen molar-refractivity contribution in [2.24, 2.45) is 11.7 Å². The SMILES string of the molecule is CCCOc1cc(C)ccc1CNC(=O)C(N)C1CCOCC1.Cl. The number of nitrogens with two attached hydrogens (primary N) is 1. The van der Waals surface area contributed by atoms with Gasteiger partial charge in [0, 0.05) is 25.3 Å². The van der Waals surface area contributed by atoms with Crippen LogP contribution in [0.1, 0.15) is 37.3 Å². The van der Waals surface area contributed by atoms with Crippen LogP contribution in [-0.2, 0) is 16.1 Å². The van der Waals surface area contributed by atoms with E-state index in [9.17, 15) is 4.79 Å². The van der Waals surface area contributed by atoms with Gasteiger partial charge in [0.25, 0.3) is 0 Å². The molecule has 1 atom stereocenters. The normalized spacial score (nSPS) is 16.1. The molecule has 1 aliphatic heterocycles. The first-order valence-electron chi connectivity index (χ1n) is 8.45. The van der Waals surface area contributed by atoms with Gasteiger partial charge in [-0.05, 0) is 43.7 Å². The molecule has 6 heteroatoms. The molecule has 0 spiro atoms. The minimum atomic E-state index is -0.468. The summed E-state index contributed by atoms with van der Waals surface area (Å²) < 4.78 is 11.1. The minimum Gasteiger partial charge on any atom is -0.493 e. The first kappa shape index (κ1) is 20.7. The number of hydrogen-bond acceptors (Lipinski definition) is 4. The van der Waals surface area contributed by atoms with Gasteiger partial charge in [0.05, 0.1) is 12.6 Å². The number of hydrogen-bond donors (Lipinski definition) is 2. The van der Waals surface area contributed by atoms with Gasteiger partial charge in [-0.15, -0.1) is 12.4 Å². The Morgan fingerprint density at radius 3 is 2.79 bits per heavy atom. The third kappa shape index (κ3) is 5.96. The third-order valence-electron chi connectivity index (χ3n) is 4.21. The van der Waals surface area contributed by atoms with E-state index in [0.717, 1.165) is 36.1 Å². The fourth-order valence-electron chi connectivity index (χ4n) is 2.74. The highest BCUT2D eigenvalue weighted by Gasteiger charge is 2.26. The van der Waals surface area contributed by atoms with Crippen LogP contribution in [0.25, 0.3) is 0 Å². The van der Waals surface area contributed by atoms with Crippen molar-refractivity contribution in [3.05, 3.63) is 29.3 Å². The summed E-state index contributed by atoms with van der Waals surface area (Å²) in [6.45, 7) is 6.60. The summed E-state index contributed by atoms with van der Waals surface area (Å²) in [5.74, 6) is 0.947. The molecule has 1 fully saturated rings. The van der Waals surface area contributed by atoms with Gasteiger partial charge in [-0.3, -0.25) is 4.79 Å². The lowest BCUT2D eigenvalue weighted by Gasteiger charge is -2.26. The van der Waals surface area contributed by atoms with Crippen molar-refractivity contribution in [2.45, 2.75) is 45.7 Å². The number of aryl methyl sites for hydroxylation is 1. The number of rotatable bonds is 7. The predicted octanol–water partition coefficient (Wildman–Crippen LogP) is 2.58. The van der Waals surface area contributed by atoms with Crippen molar-refractivity contribution in [3.63, 3.8) is 0 Å². The summed E-state index contributed by atoms with van der Waals surface area (Å²) in [6.07, 6.45) is 2.66. The average molecular weight is 357 g/mol. The minimum absolute atomic E-state index is 0. The van der Waals surface area contributed by atoms with Crippen LogP contribution >= 0.6 is 12.4 Å². The second-order valence-corrected chi connectivity index (χ2v) is 6.15. The van der Waals surface area contributed by atoms with E-state index in [-0.39, 0.29) is 24.2 Å². The molecule has 0 saturated carbocycles. The van der Waals surface area contributed by atoms with Gasteiger partial charge in [-0.25, -0.2) is 0 Å². The van der Waals surface area contributed by atoms with Gasteiger partial charge < -0.3 is 20.5 Å². The summed E-state index contributed by atoms with van der Waals surface area (Å²) in [5, 5.41) is 2.95. The Hall–Kier alpha value is -1.30. The molecule has 0 aliphatic carbocycles. The van der Waals surface area contributed by atoms with Crippen molar-refractivity contribution in [3.8, 4) is 5.75 Å². The average Bonchev–Trinajstić information content (AvgIpc) is 2.58. The van der Waals surface area contributed by atoms with Crippen LogP contribution in [0.3, 0.4) is 0 Å². The summed E-state index contributed by atoms with van der Waals surface area (Å²) in [5.41, 5.74) is 8.23. The first-order valence-corrected chi connectivity index (χ1v) is 8.45. The maximum Gasteiger partial charge on any atom is 0.237 e. The highest BCUT2D eigenvalue weighted by Crippen LogP contribution is 2.21. The predicted molar refractivity (Wildman–Crippen MR) is 97.6 cm³/mol. The largest absolute Gasteiger partial charge is 0.493 e. The van der Waals surface area contributed by atoms with E-state index in [1.165, 1.54) is 0 Å². The van der Waals surface area contributed by atoms with E-state index in [1.807, 2.05) is 25.1 Å². The summed E-state index contributed by atoms with van der Waals surface area (Å²) in [4.78, 5) is 12.3. The van der Waals surface area contributed by atoms with Crippen molar-refractivity contribution in [1.29, 1.82) is 0 Å². The Morgan fingerprint density at radius 1 is 1.42 bits per heavy atom. The monoisotopic (exact) mass is 356 g/mol. The van der Waals surface area contributed by atoms with E-state index in [1.54, 1.807) is 0 Å². The van der Waals surface area contributed by atoms with E-state index < -0.39 is 6.04 Å². The molecule has 5 nitrogen and oxygen atoms in total. The van der Waals surface area contributed by atoms with Gasteiger partial charge >= 0.3 is 0 Å². The summed E-state index contributed by atoms with van der Waals surface area (Å²) in [7, 11) is 0. The van der Waals surface area contributed by atoms with E-state index in [0.29, 0.717) is 26.4 Å². The molecule has 1 saturated heterocycles. The van der Waals surface area contributed by atoms with Crippen LogP contribution in [0, 0.1) is 12.8 Å². The van der Waals surface area contributed by atoms with E-state index in [2.05, 4.69) is 12.2 Å². The first-order chi connectivity index (χ1) is 11.1. The summed E-state index contributed by atoms with van der Waals surface area (Å²) >= 11 is 0.